The highest BCUT2D eigenvalue weighted by molar-refractivity contribution is 6.35. The van der Waals surface area contributed by atoms with E-state index in [-0.39, 0.29) is 5.56 Å². The van der Waals surface area contributed by atoms with Crippen LogP contribution in [0.3, 0.4) is 0 Å². The van der Waals surface area contributed by atoms with Crippen LogP contribution in [-0.2, 0) is 14.3 Å². The summed E-state index contributed by atoms with van der Waals surface area (Å²) in [4.78, 5) is 35.4. The Morgan fingerprint density at radius 3 is 2.44 bits per heavy atom. The van der Waals surface area contributed by atoms with Gasteiger partial charge in [0, 0.05) is 10.7 Å². The van der Waals surface area contributed by atoms with Crippen LogP contribution in [0.1, 0.15) is 16.8 Å². The molecule has 0 aliphatic heterocycles. The van der Waals surface area contributed by atoms with Gasteiger partial charge >= 0.3 is 5.97 Å². The number of amides is 2. The summed E-state index contributed by atoms with van der Waals surface area (Å²) in [5.41, 5.74) is 0.983. The number of carbonyl (C=O) groups is 3. The Kier molecular flexibility index (Phi) is 6.38. The first kappa shape index (κ1) is 18.8. The molecule has 2 amide bonds. The quantitative estimate of drug-likeness (QED) is 0.610. The molecule has 0 aromatic heterocycles. The summed E-state index contributed by atoms with van der Waals surface area (Å²) in [7, 11) is 1.26. The van der Waals surface area contributed by atoms with Gasteiger partial charge in [-0.15, -0.1) is 0 Å². The fraction of sp³-hybridized carbons (Fsp3) is 0.118. The summed E-state index contributed by atoms with van der Waals surface area (Å²) in [6, 6.07) is 10.8. The molecule has 0 bridgehead atoms. The lowest BCUT2D eigenvalue weighted by Crippen LogP contribution is -2.21. The zero-order chi connectivity index (χ0) is 18.4. The molecule has 0 aliphatic carbocycles. The van der Waals surface area contributed by atoms with Gasteiger partial charge in [-0.1, -0.05) is 29.3 Å². The smallest absolute Gasteiger partial charge is 0.337 e. The van der Waals surface area contributed by atoms with E-state index in [2.05, 4.69) is 15.4 Å². The van der Waals surface area contributed by atoms with Gasteiger partial charge in [-0.3, -0.25) is 9.59 Å². The van der Waals surface area contributed by atoms with Crippen molar-refractivity contribution in [1.82, 2.24) is 0 Å². The second kappa shape index (κ2) is 8.50. The minimum Gasteiger partial charge on any atom is -0.465 e. The van der Waals surface area contributed by atoms with Crippen molar-refractivity contribution in [2.24, 2.45) is 0 Å². The molecule has 0 unspecified atom stereocenters. The largest absolute Gasteiger partial charge is 0.465 e. The number of benzene rings is 2. The monoisotopic (exact) mass is 380 g/mol. The maximum Gasteiger partial charge on any atom is 0.337 e. The molecule has 2 aromatic carbocycles. The average molecular weight is 381 g/mol. The fourth-order valence-corrected chi connectivity index (χ4v) is 2.32. The zero-order valence-electron chi connectivity index (χ0n) is 13.1. The number of hydrogen-bond donors (Lipinski definition) is 2. The molecule has 8 heteroatoms. The Morgan fingerprint density at radius 1 is 1.00 bits per heavy atom. The van der Waals surface area contributed by atoms with Gasteiger partial charge in [-0.2, -0.15) is 0 Å². The number of halogens is 2. The second-order valence-electron chi connectivity index (χ2n) is 4.97. The van der Waals surface area contributed by atoms with Crippen molar-refractivity contribution in [2.75, 3.05) is 17.7 Å². The number of rotatable bonds is 5. The molecular weight excluding hydrogens is 367 g/mol. The van der Waals surface area contributed by atoms with Crippen molar-refractivity contribution in [3.8, 4) is 0 Å². The number of hydrogen-bond acceptors (Lipinski definition) is 4. The second-order valence-corrected chi connectivity index (χ2v) is 5.81. The van der Waals surface area contributed by atoms with E-state index in [9.17, 15) is 14.4 Å². The molecule has 2 aromatic rings. The minimum atomic E-state index is -0.550. The summed E-state index contributed by atoms with van der Waals surface area (Å²) < 4.78 is 4.61. The Bertz CT molecular complexity index is 824. The van der Waals surface area contributed by atoms with Gasteiger partial charge in [0.25, 0.3) is 0 Å². The third kappa shape index (κ3) is 5.48. The molecule has 2 N–H and O–H groups in total. The van der Waals surface area contributed by atoms with E-state index in [0.29, 0.717) is 21.4 Å². The van der Waals surface area contributed by atoms with E-state index in [1.807, 2.05) is 0 Å². The zero-order valence-corrected chi connectivity index (χ0v) is 14.6. The highest BCUT2D eigenvalue weighted by atomic mass is 35.5. The molecule has 0 spiro atoms. The molecule has 0 atom stereocenters. The molecule has 0 fully saturated rings. The summed E-state index contributed by atoms with van der Waals surface area (Å²) in [5.74, 6) is -1.62. The number of nitrogens with one attached hydrogen (secondary N) is 2. The molecule has 0 saturated heterocycles. The van der Waals surface area contributed by atoms with Gasteiger partial charge in [-0.25, -0.2) is 4.79 Å². The lowest BCUT2D eigenvalue weighted by molar-refractivity contribution is -0.123. The third-order valence-corrected chi connectivity index (χ3v) is 3.66. The predicted octanol–water partition coefficient (Wildman–Crippen LogP) is 3.75. The molecule has 0 heterocycles. The van der Waals surface area contributed by atoms with Crippen molar-refractivity contribution in [2.45, 2.75) is 6.42 Å². The Hall–Kier alpha value is -2.57. The standard InChI is InChI=1S/C17H14Cl2N2O4/c1-25-17(24)10-3-2-4-12(7-10)20-15(22)9-16(23)21-14-8-11(18)5-6-13(14)19/h2-8H,9H2,1H3,(H,20,22)(H,21,23). The van der Waals surface area contributed by atoms with E-state index in [1.165, 1.54) is 25.3 Å². The predicted molar refractivity (Wildman–Crippen MR) is 96.1 cm³/mol. The van der Waals surface area contributed by atoms with Crippen LogP contribution in [0.25, 0.3) is 0 Å². The number of esters is 1. The van der Waals surface area contributed by atoms with E-state index in [0.717, 1.165) is 0 Å². The SMILES string of the molecule is COC(=O)c1cccc(NC(=O)CC(=O)Nc2cc(Cl)ccc2Cl)c1. The van der Waals surface area contributed by atoms with Gasteiger partial charge in [0.05, 0.1) is 23.4 Å². The third-order valence-electron chi connectivity index (χ3n) is 3.09. The normalized spacial score (nSPS) is 10.0. The van der Waals surface area contributed by atoms with Crippen LogP contribution in [0.2, 0.25) is 10.0 Å². The molecule has 25 heavy (non-hydrogen) atoms. The van der Waals surface area contributed by atoms with Crippen molar-refractivity contribution >= 4 is 52.4 Å². The summed E-state index contributed by atoms with van der Waals surface area (Å²) >= 11 is 11.8. The van der Waals surface area contributed by atoms with Crippen molar-refractivity contribution in [1.29, 1.82) is 0 Å². The first-order valence-electron chi connectivity index (χ1n) is 7.12. The molecule has 0 aliphatic rings. The highest BCUT2D eigenvalue weighted by Gasteiger charge is 2.13. The van der Waals surface area contributed by atoms with Crippen LogP contribution in [0, 0.1) is 0 Å². The van der Waals surface area contributed by atoms with Crippen molar-refractivity contribution in [3.05, 3.63) is 58.1 Å². The molecule has 0 saturated carbocycles. The minimum absolute atomic E-state index is 0.287. The van der Waals surface area contributed by atoms with Gasteiger partial charge in [0.2, 0.25) is 11.8 Å². The first-order valence-corrected chi connectivity index (χ1v) is 7.88. The molecule has 6 nitrogen and oxygen atoms in total. The fourth-order valence-electron chi connectivity index (χ4n) is 1.98. The van der Waals surface area contributed by atoms with E-state index in [1.54, 1.807) is 24.3 Å². The molecule has 0 radical (unpaired) electrons. The number of anilines is 2. The van der Waals surface area contributed by atoms with Gasteiger partial charge in [0.1, 0.15) is 6.42 Å². The van der Waals surface area contributed by atoms with Gasteiger partial charge in [0.15, 0.2) is 0 Å². The van der Waals surface area contributed by atoms with Crippen molar-refractivity contribution in [3.63, 3.8) is 0 Å². The van der Waals surface area contributed by atoms with Crippen LogP contribution in [0.15, 0.2) is 42.5 Å². The van der Waals surface area contributed by atoms with Crippen molar-refractivity contribution < 1.29 is 19.1 Å². The van der Waals surface area contributed by atoms with Crippen LogP contribution >= 0.6 is 23.2 Å². The summed E-state index contributed by atoms with van der Waals surface area (Å²) in [6.07, 6.45) is -0.425. The highest BCUT2D eigenvalue weighted by Crippen LogP contribution is 2.25. The van der Waals surface area contributed by atoms with Gasteiger partial charge < -0.3 is 15.4 Å². The van der Waals surface area contributed by atoms with E-state index < -0.39 is 24.2 Å². The first-order chi connectivity index (χ1) is 11.9. The molecule has 2 rings (SSSR count). The van der Waals surface area contributed by atoms with Crippen LogP contribution < -0.4 is 10.6 Å². The lowest BCUT2D eigenvalue weighted by Gasteiger charge is -2.09. The Morgan fingerprint density at radius 2 is 1.72 bits per heavy atom. The molecule has 130 valence electrons. The number of methoxy groups -OCH3 is 1. The lowest BCUT2D eigenvalue weighted by atomic mass is 10.2. The van der Waals surface area contributed by atoms with E-state index >= 15 is 0 Å². The van der Waals surface area contributed by atoms with Gasteiger partial charge in [-0.05, 0) is 36.4 Å². The Labute approximate surface area is 154 Å². The molecular formula is C17H14Cl2N2O4. The summed E-state index contributed by atoms with van der Waals surface area (Å²) in [6.45, 7) is 0. The Balaban J connectivity index is 1.97. The van der Waals surface area contributed by atoms with Crippen LogP contribution in [-0.4, -0.2) is 24.9 Å². The van der Waals surface area contributed by atoms with E-state index in [4.69, 9.17) is 23.2 Å². The maximum atomic E-state index is 12.0. The summed E-state index contributed by atoms with van der Waals surface area (Å²) in [5, 5.41) is 5.77. The van der Waals surface area contributed by atoms with Crippen LogP contribution in [0.5, 0.6) is 0 Å². The topological polar surface area (TPSA) is 84.5 Å². The maximum absolute atomic E-state index is 12.0. The number of ether oxygens (including phenoxy) is 1. The number of carbonyl (C=O) groups excluding carboxylic acids is 3. The average Bonchev–Trinajstić information content (AvgIpc) is 2.57. The van der Waals surface area contributed by atoms with Crippen LogP contribution in [0.4, 0.5) is 11.4 Å².